The van der Waals surface area contributed by atoms with E-state index in [4.69, 9.17) is 9.15 Å². The molecule has 0 amide bonds. The number of hydrogen-bond acceptors (Lipinski definition) is 7. The number of carbonyl (C=O) groups is 1. The molecule has 0 radical (unpaired) electrons. The first kappa shape index (κ1) is 16.6. The van der Waals surface area contributed by atoms with E-state index >= 15 is 0 Å². The van der Waals surface area contributed by atoms with Crippen LogP contribution < -0.4 is 10.9 Å². The largest absolute Gasteiger partial charge is 0.461 e. The third-order valence-electron chi connectivity index (χ3n) is 3.55. The van der Waals surface area contributed by atoms with E-state index in [0.717, 1.165) is 10.9 Å². The Balaban J connectivity index is 1.59. The lowest BCUT2D eigenvalue weighted by molar-refractivity contribution is -0.144. The van der Waals surface area contributed by atoms with E-state index in [0.29, 0.717) is 23.6 Å². The van der Waals surface area contributed by atoms with Crippen molar-refractivity contribution in [2.45, 2.75) is 20.0 Å². The van der Waals surface area contributed by atoms with E-state index in [9.17, 15) is 9.59 Å². The third-order valence-corrected chi connectivity index (χ3v) is 3.55. The van der Waals surface area contributed by atoms with Crippen LogP contribution in [-0.4, -0.2) is 22.5 Å². The first-order chi connectivity index (χ1) is 12.1. The van der Waals surface area contributed by atoms with E-state index in [2.05, 4.69) is 15.3 Å². The van der Waals surface area contributed by atoms with Gasteiger partial charge in [-0.3, -0.25) is 4.79 Å². The number of hydrogen-bond donors (Lipinski definition) is 1. The molecule has 0 spiro atoms. The van der Waals surface area contributed by atoms with Crippen molar-refractivity contribution in [3.63, 3.8) is 0 Å². The van der Waals surface area contributed by atoms with E-state index in [-0.39, 0.29) is 19.0 Å². The molecular weight excluding hydrogens is 322 g/mol. The highest BCUT2D eigenvalue weighted by Gasteiger charge is 2.09. The Morgan fingerprint density at radius 3 is 2.84 bits per heavy atom. The normalized spacial score (nSPS) is 10.6. The quantitative estimate of drug-likeness (QED) is 0.544. The molecule has 7 nitrogen and oxygen atoms in total. The zero-order chi connectivity index (χ0) is 17.6. The summed E-state index contributed by atoms with van der Waals surface area (Å²) in [5.41, 5.74) is 1.63. The second-order valence-electron chi connectivity index (χ2n) is 5.50. The van der Waals surface area contributed by atoms with Crippen molar-refractivity contribution < 1.29 is 13.9 Å². The van der Waals surface area contributed by atoms with Crippen molar-refractivity contribution >= 4 is 22.9 Å². The third kappa shape index (κ3) is 4.41. The maximum Gasteiger partial charge on any atom is 0.336 e. The topological polar surface area (TPSA) is 94.3 Å². The summed E-state index contributed by atoms with van der Waals surface area (Å²) in [4.78, 5) is 31.5. The Labute approximate surface area is 143 Å². The van der Waals surface area contributed by atoms with Crippen molar-refractivity contribution in [3.05, 3.63) is 64.3 Å². The van der Waals surface area contributed by atoms with Crippen molar-refractivity contribution in [3.8, 4) is 0 Å². The molecule has 3 aromatic rings. The number of fused-ring (bicyclic) bond motifs is 1. The van der Waals surface area contributed by atoms with Gasteiger partial charge in [0.15, 0.2) is 0 Å². The van der Waals surface area contributed by atoms with Gasteiger partial charge in [-0.25, -0.2) is 14.8 Å². The van der Waals surface area contributed by atoms with Crippen LogP contribution in [0.15, 0.2) is 51.9 Å². The highest BCUT2D eigenvalue weighted by molar-refractivity contribution is 5.81. The molecule has 0 saturated carbocycles. The number of nitrogens with one attached hydrogen (secondary N) is 1. The average Bonchev–Trinajstić information content (AvgIpc) is 2.60. The van der Waals surface area contributed by atoms with Gasteiger partial charge in [0.1, 0.15) is 12.2 Å². The maximum atomic E-state index is 11.9. The standard InChI is InChI=1S/C18H17N3O4/c1-12-3-4-14-13(10-17(23)25-15(14)9-12)11-24-16(22)5-8-21-18-19-6-2-7-20-18/h2-4,6-7,9-10H,5,8,11H2,1H3,(H,19,20,21). The van der Waals surface area contributed by atoms with Crippen LogP contribution >= 0.6 is 0 Å². The number of rotatable bonds is 6. The highest BCUT2D eigenvalue weighted by atomic mass is 16.5. The van der Waals surface area contributed by atoms with Gasteiger partial charge in [0.05, 0.1) is 6.42 Å². The SMILES string of the molecule is Cc1ccc2c(COC(=O)CCNc3ncccn3)cc(=O)oc2c1. The number of carbonyl (C=O) groups excluding carboxylic acids is 1. The molecule has 25 heavy (non-hydrogen) atoms. The van der Waals surface area contributed by atoms with Crippen LogP contribution in [0.3, 0.4) is 0 Å². The van der Waals surface area contributed by atoms with Crippen LogP contribution in [0.4, 0.5) is 5.95 Å². The maximum absolute atomic E-state index is 11.9. The fourth-order valence-corrected chi connectivity index (χ4v) is 2.35. The number of anilines is 1. The van der Waals surface area contributed by atoms with Crippen LogP contribution in [0.25, 0.3) is 11.0 Å². The average molecular weight is 339 g/mol. The molecule has 128 valence electrons. The van der Waals surface area contributed by atoms with Crippen LogP contribution in [0.1, 0.15) is 17.5 Å². The molecule has 7 heteroatoms. The molecule has 0 aliphatic carbocycles. The molecule has 0 bridgehead atoms. The van der Waals surface area contributed by atoms with Crippen LogP contribution in [0.5, 0.6) is 0 Å². The summed E-state index contributed by atoms with van der Waals surface area (Å²) < 4.78 is 10.4. The smallest absolute Gasteiger partial charge is 0.336 e. The highest BCUT2D eigenvalue weighted by Crippen LogP contribution is 2.19. The number of aromatic nitrogens is 2. The first-order valence-electron chi connectivity index (χ1n) is 7.82. The summed E-state index contributed by atoms with van der Waals surface area (Å²) in [7, 11) is 0. The zero-order valence-corrected chi connectivity index (χ0v) is 13.7. The van der Waals surface area contributed by atoms with Crippen molar-refractivity contribution in [1.82, 2.24) is 9.97 Å². The Hall–Kier alpha value is -3.22. The predicted octanol–water partition coefficient (Wildman–Crippen LogP) is 2.44. The van der Waals surface area contributed by atoms with Gasteiger partial charge in [0.2, 0.25) is 5.95 Å². The summed E-state index contributed by atoms with van der Waals surface area (Å²) in [5.74, 6) is 0.0780. The van der Waals surface area contributed by atoms with Gasteiger partial charge in [-0.05, 0) is 24.6 Å². The van der Waals surface area contributed by atoms with Crippen LogP contribution in [-0.2, 0) is 16.1 Å². The predicted molar refractivity (Wildman–Crippen MR) is 92.2 cm³/mol. The molecule has 2 heterocycles. The summed E-state index contributed by atoms with van der Waals surface area (Å²) >= 11 is 0. The van der Waals surface area contributed by atoms with Crippen molar-refractivity contribution in [1.29, 1.82) is 0 Å². The molecule has 3 rings (SSSR count). The Kier molecular flexibility index (Phi) is 5.03. The summed E-state index contributed by atoms with van der Waals surface area (Å²) in [5, 5.41) is 3.69. The molecule has 1 aromatic carbocycles. The van der Waals surface area contributed by atoms with Gasteiger partial charge in [-0.15, -0.1) is 0 Å². The van der Waals surface area contributed by atoms with Gasteiger partial charge in [-0.2, -0.15) is 0 Å². The molecular formula is C18H17N3O4. The second-order valence-corrected chi connectivity index (χ2v) is 5.50. The fraction of sp³-hybridized carbons (Fsp3) is 0.222. The lowest BCUT2D eigenvalue weighted by atomic mass is 10.1. The zero-order valence-electron chi connectivity index (χ0n) is 13.7. The summed E-state index contributed by atoms with van der Waals surface area (Å²) in [6, 6.07) is 8.61. The van der Waals surface area contributed by atoms with E-state index < -0.39 is 5.63 Å². The van der Waals surface area contributed by atoms with E-state index in [1.165, 1.54) is 6.07 Å². The fourth-order valence-electron chi connectivity index (χ4n) is 2.35. The molecule has 0 aliphatic rings. The van der Waals surface area contributed by atoms with Crippen molar-refractivity contribution in [2.75, 3.05) is 11.9 Å². The number of nitrogens with zero attached hydrogens (tertiary/aromatic N) is 2. The minimum Gasteiger partial charge on any atom is -0.461 e. The number of esters is 1. The Morgan fingerprint density at radius 1 is 1.24 bits per heavy atom. The van der Waals surface area contributed by atoms with Gasteiger partial charge < -0.3 is 14.5 Å². The monoisotopic (exact) mass is 339 g/mol. The van der Waals surface area contributed by atoms with Gasteiger partial charge in [-0.1, -0.05) is 12.1 Å². The summed E-state index contributed by atoms with van der Waals surface area (Å²) in [6.45, 7) is 2.29. The number of benzene rings is 1. The first-order valence-corrected chi connectivity index (χ1v) is 7.82. The van der Waals surface area contributed by atoms with E-state index in [1.807, 2.05) is 19.1 Å². The lowest BCUT2D eigenvalue weighted by Gasteiger charge is -2.08. The van der Waals surface area contributed by atoms with E-state index in [1.54, 1.807) is 24.5 Å². The van der Waals surface area contributed by atoms with Gasteiger partial charge >= 0.3 is 11.6 Å². The van der Waals surface area contributed by atoms with Gasteiger partial charge in [0.25, 0.3) is 0 Å². The van der Waals surface area contributed by atoms with Crippen LogP contribution in [0, 0.1) is 6.92 Å². The Morgan fingerprint density at radius 2 is 2.04 bits per heavy atom. The molecule has 0 unspecified atom stereocenters. The number of ether oxygens (including phenoxy) is 1. The Bertz CT molecular complexity index is 938. The molecule has 0 atom stereocenters. The second kappa shape index (κ2) is 7.57. The summed E-state index contributed by atoms with van der Waals surface area (Å²) in [6.07, 6.45) is 3.39. The molecule has 0 fully saturated rings. The number of aryl methyl sites for hydroxylation is 1. The van der Waals surface area contributed by atoms with Gasteiger partial charge in [0, 0.05) is 36.0 Å². The minimum atomic E-state index is -0.466. The minimum absolute atomic E-state index is 0.0197. The molecule has 2 aromatic heterocycles. The molecule has 0 saturated heterocycles. The lowest BCUT2D eigenvalue weighted by Crippen LogP contribution is -2.13. The van der Waals surface area contributed by atoms with Crippen molar-refractivity contribution in [2.24, 2.45) is 0 Å². The van der Waals surface area contributed by atoms with Crippen LogP contribution in [0.2, 0.25) is 0 Å². The molecule has 1 N–H and O–H groups in total. The molecule has 0 aliphatic heterocycles.